The Morgan fingerprint density at radius 3 is 2.84 bits per heavy atom. The van der Waals surface area contributed by atoms with Crippen LogP contribution in [0.5, 0.6) is 0 Å². The predicted octanol–water partition coefficient (Wildman–Crippen LogP) is 2.61. The quantitative estimate of drug-likeness (QED) is 0.917. The molecule has 0 radical (unpaired) electrons. The van der Waals surface area contributed by atoms with Crippen LogP contribution < -0.4 is 0 Å². The van der Waals surface area contributed by atoms with E-state index in [-0.39, 0.29) is 18.7 Å². The molecule has 4 nitrogen and oxygen atoms in total. The summed E-state index contributed by atoms with van der Waals surface area (Å²) in [6.45, 7) is 1.69. The smallest absolute Gasteiger partial charge is 0.303 e. The fourth-order valence-electron chi connectivity index (χ4n) is 1.70. The number of nitrogens with zero attached hydrogens (tertiary/aromatic N) is 2. The van der Waals surface area contributed by atoms with Crippen LogP contribution >= 0.6 is 0 Å². The lowest BCUT2D eigenvalue weighted by atomic mass is 10.1. The van der Waals surface area contributed by atoms with Gasteiger partial charge in [0.1, 0.15) is 11.6 Å². The molecule has 5 heteroatoms. The lowest BCUT2D eigenvalue weighted by molar-refractivity contribution is -0.137. The first-order valence-electron chi connectivity index (χ1n) is 5.86. The highest BCUT2D eigenvalue weighted by atomic mass is 19.1. The van der Waals surface area contributed by atoms with Gasteiger partial charge in [-0.15, -0.1) is 0 Å². The second kappa shape index (κ2) is 5.56. The van der Waals surface area contributed by atoms with E-state index < -0.39 is 5.97 Å². The van der Waals surface area contributed by atoms with Crippen molar-refractivity contribution in [1.82, 2.24) is 9.97 Å². The van der Waals surface area contributed by atoms with Crippen LogP contribution in [0.2, 0.25) is 0 Å². The molecule has 19 heavy (non-hydrogen) atoms. The Hall–Kier alpha value is -2.30. The zero-order valence-corrected chi connectivity index (χ0v) is 10.4. The van der Waals surface area contributed by atoms with Crippen LogP contribution in [0.25, 0.3) is 11.3 Å². The van der Waals surface area contributed by atoms with Gasteiger partial charge in [-0.1, -0.05) is 0 Å². The summed E-state index contributed by atoms with van der Waals surface area (Å²) in [5.74, 6) is -0.669. The highest BCUT2D eigenvalue weighted by Gasteiger charge is 2.06. The van der Waals surface area contributed by atoms with Crippen LogP contribution in [0.1, 0.15) is 17.8 Å². The van der Waals surface area contributed by atoms with Gasteiger partial charge in [-0.05, 0) is 36.8 Å². The minimum Gasteiger partial charge on any atom is -0.481 e. The van der Waals surface area contributed by atoms with Gasteiger partial charge in [0.25, 0.3) is 0 Å². The van der Waals surface area contributed by atoms with E-state index in [4.69, 9.17) is 5.11 Å². The summed E-state index contributed by atoms with van der Waals surface area (Å²) in [6, 6.07) is 6.46. The third-order valence-electron chi connectivity index (χ3n) is 2.72. The Morgan fingerprint density at radius 2 is 2.16 bits per heavy atom. The standard InChI is InChI=1S/C14H13FN2O2/c1-9-8-10(2-3-11(9)15)12-6-7-16-13(17-12)4-5-14(18)19/h2-3,6-8H,4-5H2,1H3,(H,18,19). The SMILES string of the molecule is Cc1cc(-c2ccnc(CCC(=O)O)n2)ccc1F. The highest BCUT2D eigenvalue weighted by molar-refractivity contribution is 5.67. The lowest BCUT2D eigenvalue weighted by Crippen LogP contribution is -2.02. The zero-order chi connectivity index (χ0) is 13.8. The molecule has 0 spiro atoms. The van der Waals surface area contributed by atoms with Crippen LogP contribution in [-0.4, -0.2) is 21.0 Å². The average molecular weight is 260 g/mol. The molecule has 1 heterocycles. The number of halogens is 1. The molecule has 0 aliphatic rings. The van der Waals surface area contributed by atoms with E-state index >= 15 is 0 Å². The molecule has 2 aromatic rings. The Bertz CT molecular complexity index is 614. The van der Waals surface area contributed by atoms with Gasteiger partial charge in [0.2, 0.25) is 0 Å². The first-order chi connectivity index (χ1) is 9.06. The van der Waals surface area contributed by atoms with Gasteiger partial charge in [0.05, 0.1) is 12.1 Å². The van der Waals surface area contributed by atoms with E-state index in [1.54, 1.807) is 31.3 Å². The summed E-state index contributed by atoms with van der Waals surface area (Å²) in [6.07, 6.45) is 1.85. The topological polar surface area (TPSA) is 63.1 Å². The highest BCUT2D eigenvalue weighted by Crippen LogP contribution is 2.19. The molecule has 0 saturated carbocycles. The number of hydrogen-bond donors (Lipinski definition) is 1. The zero-order valence-electron chi connectivity index (χ0n) is 10.4. The van der Waals surface area contributed by atoms with Crippen LogP contribution in [-0.2, 0) is 11.2 Å². The molecule has 0 fully saturated rings. The molecule has 0 unspecified atom stereocenters. The molecule has 0 saturated heterocycles. The molecular formula is C14H13FN2O2. The number of carboxylic acids is 1. The summed E-state index contributed by atoms with van der Waals surface area (Å²) in [5, 5.41) is 8.63. The fraction of sp³-hybridized carbons (Fsp3) is 0.214. The van der Waals surface area contributed by atoms with Gasteiger partial charge < -0.3 is 5.11 Å². The van der Waals surface area contributed by atoms with Crippen molar-refractivity contribution in [2.24, 2.45) is 0 Å². The van der Waals surface area contributed by atoms with Gasteiger partial charge in [0.15, 0.2) is 0 Å². The molecule has 1 aromatic carbocycles. The number of aromatic nitrogens is 2. The third-order valence-corrected chi connectivity index (χ3v) is 2.72. The van der Waals surface area contributed by atoms with Crippen molar-refractivity contribution in [3.63, 3.8) is 0 Å². The largest absolute Gasteiger partial charge is 0.481 e. The maximum atomic E-state index is 13.2. The molecule has 1 aromatic heterocycles. The van der Waals surface area contributed by atoms with Crippen LogP contribution in [0.3, 0.4) is 0 Å². The molecule has 98 valence electrons. The van der Waals surface area contributed by atoms with Crippen LogP contribution in [0.15, 0.2) is 30.5 Å². The minimum absolute atomic E-state index is 0.00804. The lowest BCUT2D eigenvalue weighted by Gasteiger charge is -2.05. The number of carboxylic acid groups (broad SMARTS) is 1. The maximum absolute atomic E-state index is 13.2. The average Bonchev–Trinajstić information content (AvgIpc) is 2.40. The molecule has 0 aliphatic heterocycles. The number of aliphatic carboxylic acids is 1. The van der Waals surface area contributed by atoms with Gasteiger partial charge in [-0.25, -0.2) is 14.4 Å². The Labute approximate surface area is 110 Å². The van der Waals surface area contributed by atoms with Crippen molar-refractivity contribution in [2.45, 2.75) is 19.8 Å². The first-order valence-corrected chi connectivity index (χ1v) is 5.86. The number of benzene rings is 1. The van der Waals surface area contributed by atoms with E-state index in [1.165, 1.54) is 6.07 Å². The van der Waals surface area contributed by atoms with Crippen molar-refractivity contribution in [3.05, 3.63) is 47.7 Å². The van der Waals surface area contributed by atoms with Crippen LogP contribution in [0.4, 0.5) is 4.39 Å². The fourth-order valence-corrected chi connectivity index (χ4v) is 1.70. The van der Waals surface area contributed by atoms with E-state index in [0.717, 1.165) is 5.56 Å². The number of hydrogen-bond acceptors (Lipinski definition) is 3. The van der Waals surface area contributed by atoms with Gasteiger partial charge in [-0.3, -0.25) is 4.79 Å². The van der Waals surface area contributed by atoms with E-state index in [2.05, 4.69) is 9.97 Å². The van der Waals surface area contributed by atoms with E-state index in [9.17, 15) is 9.18 Å². The van der Waals surface area contributed by atoms with E-state index in [1.807, 2.05) is 0 Å². The summed E-state index contributed by atoms with van der Waals surface area (Å²) < 4.78 is 13.2. The summed E-state index contributed by atoms with van der Waals surface area (Å²) in [5.41, 5.74) is 2.00. The van der Waals surface area contributed by atoms with Crippen LogP contribution in [0, 0.1) is 12.7 Å². The van der Waals surface area contributed by atoms with Crippen molar-refractivity contribution in [2.75, 3.05) is 0 Å². The normalized spacial score (nSPS) is 10.4. The van der Waals surface area contributed by atoms with E-state index in [0.29, 0.717) is 17.1 Å². The monoisotopic (exact) mass is 260 g/mol. The Balaban J connectivity index is 2.27. The molecule has 2 rings (SSSR count). The number of carbonyl (C=O) groups is 1. The van der Waals surface area contributed by atoms with Crippen molar-refractivity contribution in [3.8, 4) is 11.3 Å². The van der Waals surface area contributed by atoms with Crippen molar-refractivity contribution >= 4 is 5.97 Å². The number of rotatable bonds is 4. The molecular weight excluding hydrogens is 247 g/mol. The second-order valence-corrected chi connectivity index (χ2v) is 4.22. The van der Waals surface area contributed by atoms with Gasteiger partial charge >= 0.3 is 5.97 Å². The second-order valence-electron chi connectivity index (χ2n) is 4.22. The summed E-state index contributed by atoms with van der Waals surface area (Å²) in [4.78, 5) is 18.8. The molecule has 0 atom stereocenters. The van der Waals surface area contributed by atoms with Crippen molar-refractivity contribution < 1.29 is 14.3 Å². The molecule has 1 N–H and O–H groups in total. The molecule has 0 aliphatic carbocycles. The summed E-state index contributed by atoms with van der Waals surface area (Å²) >= 11 is 0. The Morgan fingerprint density at radius 1 is 1.37 bits per heavy atom. The third kappa shape index (κ3) is 3.34. The summed E-state index contributed by atoms with van der Waals surface area (Å²) in [7, 11) is 0. The Kier molecular flexibility index (Phi) is 3.85. The molecule has 0 bridgehead atoms. The first kappa shape index (κ1) is 13.1. The van der Waals surface area contributed by atoms with Crippen molar-refractivity contribution in [1.29, 1.82) is 0 Å². The number of aryl methyl sites for hydroxylation is 2. The minimum atomic E-state index is -0.883. The van der Waals surface area contributed by atoms with Gasteiger partial charge in [0, 0.05) is 18.2 Å². The maximum Gasteiger partial charge on any atom is 0.303 e. The predicted molar refractivity (Wildman–Crippen MR) is 68.1 cm³/mol. The van der Waals surface area contributed by atoms with Gasteiger partial charge in [-0.2, -0.15) is 0 Å². The molecule has 0 amide bonds.